The van der Waals surface area contributed by atoms with Crippen LogP contribution in [0, 0.1) is 23.0 Å². The van der Waals surface area contributed by atoms with Gasteiger partial charge in [-0.05, 0) is 36.1 Å². The molecule has 2 aromatic carbocycles. The zero-order valence-corrected chi connectivity index (χ0v) is 18.3. The average molecular weight is 436 g/mol. The van der Waals surface area contributed by atoms with Crippen molar-refractivity contribution in [3.8, 4) is 23.2 Å². The Balaban J connectivity index is 1.52. The summed E-state index contributed by atoms with van der Waals surface area (Å²) in [5, 5.41) is 8.74. The molecule has 3 rings (SSSR count). The topological polar surface area (TPSA) is 58.8 Å². The van der Waals surface area contributed by atoms with E-state index >= 15 is 0 Å². The molecule has 0 bridgehead atoms. The van der Waals surface area contributed by atoms with Crippen molar-refractivity contribution in [3.63, 3.8) is 0 Å². The van der Waals surface area contributed by atoms with Gasteiger partial charge in [0.2, 0.25) is 5.82 Å². The number of nitriles is 1. The van der Waals surface area contributed by atoms with Crippen LogP contribution in [0.1, 0.15) is 62.1 Å². The van der Waals surface area contributed by atoms with Crippen molar-refractivity contribution in [3.05, 3.63) is 77.1 Å². The summed E-state index contributed by atoms with van der Waals surface area (Å²) in [4.78, 5) is 8.96. The minimum Gasteiger partial charge on any atom is -0.486 e. The highest BCUT2D eigenvalue weighted by molar-refractivity contribution is 5.55. The third kappa shape index (κ3) is 6.34. The lowest BCUT2D eigenvalue weighted by molar-refractivity contribution is 0.284. The molecule has 0 spiro atoms. The zero-order chi connectivity index (χ0) is 22.8. The molecule has 0 saturated carbocycles. The first-order valence-electron chi connectivity index (χ1n) is 11.0. The van der Waals surface area contributed by atoms with Crippen molar-refractivity contribution in [1.82, 2.24) is 9.97 Å². The van der Waals surface area contributed by atoms with E-state index in [1.807, 2.05) is 36.7 Å². The molecule has 0 radical (unpaired) electrons. The quantitative estimate of drug-likeness (QED) is 0.312. The molecule has 0 aliphatic rings. The van der Waals surface area contributed by atoms with Crippen molar-refractivity contribution in [2.75, 3.05) is 0 Å². The van der Waals surface area contributed by atoms with Gasteiger partial charge in [0.05, 0.1) is 5.56 Å². The molecule has 0 unspecified atom stereocenters. The van der Waals surface area contributed by atoms with Crippen molar-refractivity contribution >= 4 is 0 Å². The summed E-state index contributed by atoms with van der Waals surface area (Å²) in [6.07, 6.45) is 12.3. The molecule has 32 heavy (non-hydrogen) atoms. The van der Waals surface area contributed by atoms with Crippen LogP contribution < -0.4 is 4.74 Å². The van der Waals surface area contributed by atoms with Crippen LogP contribution in [0.4, 0.5) is 8.78 Å². The van der Waals surface area contributed by atoms with E-state index < -0.39 is 11.6 Å². The number of aryl methyl sites for hydroxylation is 1. The van der Waals surface area contributed by atoms with E-state index in [2.05, 4.69) is 16.9 Å². The first kappa shape index (κ1) is 23.3. The summed E-state index contributed by atoms with van der Waals surface area (Å²) < 4.78 is 33.0. The highest BCUT2D eigenvalue weighted by atomic mass is 19.2. The number of benzene rings is 2. The van der Waals surface area contributed by atoms with E-state index in [1.165, 1.54) is 44.2 Å². The molecule has 3 aromatic rings. The maximum absolute atomic E-state index is 13.9. The summed E-state index contributed by atoms with van der Waals surface area (Å²) in [6, 6.07) is 11.5. The fourth-order valence-electron chi connectivity index (χ4n) is 3.38. The molecule has 166 valence electrons. The van der Waals surface area contributed by atoms with Crippen LogP contribution in [0.3, 0.4) is 0 Å². The normalized spacial score (nSPS) is 10.7. The van der Waals surface area contributed by atoms with Crippen LogP contribution in [0.2, 0.25) is 0 Å². The third-order valence-electron chi connectivity index (χ3n) is 5.30. The summed E-state index contributed by atoms with van der Waals surface area (Å²) in [6.45, 7) is 2.29. The van der Waals surface area contributed by atoms with E-state index in [0.717, 1.165) is 29.5 Å². The van der Waals surface area contributed by atoms with Crippen molar-refractivity contribution < 1.29 is 13.5 Å². The van der Waals surface area contributed by atoms with E-state index in [0.29, 0.717) is 5.82 Å². The van der Waals surface area contributed by atoms with E-state index in [1.54, 1.807) is 6.07 Å². The molecule has 1 heterocycles. The molecule has 0 atom stereocenters. The molecular formula is C26H27F2N3O. The van der Waals surface area contributed by atoms with Crippen molar-refractivity contribution in [2.24, 2.45) is 0 Å². The number of nitrogens with zero attached hydrogens (tertiary/aromatic N) is 3. The van der Waals surface area contributed by atoms with Crippen LogP contribution in [-0.2, 0) is 13.0 Å². The van der Waals surface area contributed by atoms with Crippen LogP contribution >= 0.6 is 0 Å². The lowest BCUT2D eigenvalue weighted by Gasteiger charge is -2.09. The van der Waals surface area contributed by atoms with Crippen LogP contribution in [0.15, 0.2) is 48.8 Å². The Kier molecular flexibility index (Phi) is 8.68. The monoisotopic (exact) mass is 435 g/mol. The predicted molar refractivity (Wildman–Crippen MR) is 120 cm³/mol. The number of unbranched alkanes of at least 4 members (excludes halogenated alkanes) is 5. The minimum atomic E-state index is -1.20. The van der Waals surface area contributed by atoms with Crippen LogP contribution in [-0.4, -0.2) is 9.97 Å². The zero-order valence-electron chi connectivity index (χ0n) is 18.3. The average Bonchev–Trinajstić information content (AvgIpc) is 2.83. The highest BCUT2D eigenvalue weighted by Crippen LogP contribution is 2.24. The van der Waals surface area contributed by atoms with Crippen molar-refractivity contribution in [1.29, 1.82) is 5.26 Å². The maximum atomic E-state index is 13.9. The number of halogens is 2. The Bertz CT molecular complexity index is 1040. The molecule has 0 fully saturated rings. The Morgan fingerprint density at radius 3 is 2.22 bits per heavy atom. The summed E-state index contributed by atoms with van der Waals surface area (Å²) >= 11 is 0. The van der Waals surface area contributed by atoms with Gasteiger partial charge < -0.3 is 4.74 Å². The molecule has 0 saturated heterocycles. The molecule has 1 aromatic heterocycles. The van der Waals surface area contributed by atoms with Gasteiger partial charge in [0.25, 0.3) is 0 Å². The van der Waals surface area contributed by atoms with Gasteiger partial charge in [-0.15, -0.1) is 0 Å². The number of aromatic nitrogens is 2. The van der Waals surface area contributed by atoms with Gasteiger partial charge in [0.15, 0.2) is 17.4 Å². The van der Waals surface area contributed by atoms with Crippen molar-refractivity contribution in [2.45, 2.75) is 58.5 Å². The summed E-state index contributed by atoms with van der Waals surface area (Å²) in [7, 11) is 0. The number of hydrogen-bond donors (Lipinski definition) is 0. The minimum absolute atomic E-state index is 0.0700. The molecule has 0 aliphatic heterocycles. The molecule has 6 heteroatoms. The van der Waals surface area contributed by atoms with E-state index in [9.17, 15) is 8.78 Å². The lowest BCUT2D eigenvalue weighted by Crippen LogP contribution is -2.00. The second-order valence-electron chi connectivity index (χ2n) is 7.77. The van der Waals surface area contributed by atoms with E-state index in [4.69, 9.17) is 10.00 Å². The fraction of sp³-hybridized carbons (Fsp3) is 0.346. The predicted octanol–water partition coefficient (Wildman–Crippen LogP) is 6.78. The Hall–Kier alpha value is -3.33. The molecular weight excluding hydrogens is 408 g/mol. The van der Waals surface area contributed by atoms with E-state index in [-0.39, 0.29) is 17.9 Å². The first-order valence-corrected chi connectivity index (χ1v) is 11.0. The number of rotatable bonds is 11. The van der Waals surface area contributed by atoms with Crippen LogP contribution in [0.25, 0.3) is 11.4 Å². The van der Waals surface area contributed by atoms with Gasteiger partial charge in [-0.25, -0.2) is 14.4 Å². The SMILES string of the molecule is CCCCCCCCc1cnc(-c2ccc(COc3ccc(C#N)c(F)c3F)cc2)nc1. The second kappa shape index (κ2) is 11.9. The summed E-state index contributed by atoms with van der Waals surface area (Å²) in [5.41, 5.74) is 2.45. The third-order valence-corrected chi connectivity index (χ3v) is 5.30. The van der Waals surface area contributed by atoms with Gasteiger partial charge in [-0.2, -0.15) is 9.65 Å². The Morgan fingerprint density at radius 2 is 1.53 bits per heavy atom. The van der Waals surface area contributed by atoms with Gasteiger partial charge in [-0.3, -0.25) is 0 Å². The molecule has 0 N–H and O–H groups in total. The summed E-state index contributed by atoms with van der Waals surface area (Å²) in [5.74, 6) is -1.94. The number of ether oxygens (including phenoxy) is 1. The second-order valence-corrected chi connectivity index (χ2v) is 7.77. The Labute approximate surface area is 187 Å². The number of hydrogen-bond acceptors (Lipinski definition) is 4. The standard InChI is InChI=1S/C26H27F2N3O/c1-2-3-4-5-6-7-8-20-16-30-26(31-17-20)21-11-9-19(10-12-21)18-32-23-14-13-22(15-29)24(27)25(23)28/h9-14,16-17H,2-8,18H2,1H3. The fourth-order valence-corrected chi connectivity index (χ4v) is 3.38. The maximum Gasteiger partial charge on any atom is 0.202 e. The van der Waals surface area contributed by atoms with Crippen LogP contribution in [0.5, 0.6) is 5.75 Å². The molecule has 0 amide bonds. The molecule has 4 nitrogen and oxygen atoms in total. The first-order chi connectivity index (χ1) is 15.6. The molecule has 0 aliphatic carbocycles. The largest absolute Gasteiger partial charge is 0.486 e. The van der Waals surface area contributed by atoms with Gasteiger partial charge in [0, 0.05) is 18.0 Å². The Morgan fingerprint density at radius 1 is 0.844 bits per heavy atom. The lowest BCUT2D eigenvalue weighted by atomic mass is 10.1. The van der Waals surface area contributed by atoms with Gasteiger partial charge in [0.1, 0.15) is 12.7 Å². The van der Waals surface area contributed by atoms with Gasteiger partial charge in [-0.1, -0.05) is 63.3 Å². The highest BCUT2D eigenvalue weighted by Gasteiger charge is 2.14. The smallest absolute Gasteiger partial charge is 0.202 e. The van der Waals surface area contributed by atoms with Gasteiger partial charge >= 0.3 is 0 Å².